The summed E-state index contributed by atoms with van der Waals surface area (Å²) in [4.78, 5) is 29.0. The van der Waals surface area contributed by atoms with Crippen LogP contribution in [0.2, 0.25) is 0 Å². The van der Waals surface area contributed by atoms with Gasteiger partial charge in [0, 0.05) is 19.0 Å². The molecule has 0 aromatic heterocycles. The Morgan fingerprint density at radius 3 is 2.15 bits per heavy atom. The molecule has 0 saturated carbocycles. The van der Waals surface area contributed by atoms with Crippen LogP contribution in [0.1, 0.15) is 48.1 Å². The molecule has 4 heteroatoms. The Labute approximate surface area is 204 Å². The van der Waals surface area contributed by atoms with Gasteiger partial charge in [-0.25, -0.2) is 0 Å². The molecule has 34 heavy (non-hydrogen) atoms. The van der Waals surface area contributed by atoms with Gasteiger partial charge in [-0.1, -0.05) is 96.9 Å². The fourth-order valence-electron chi connectivity index (χ4n) is 3.98. The van der Waals surface area contributed by atoms with Gasteiger partial charge < -0.3 is 10.2 Å². The fourth-order valence-corrected chi connectivity index (χ4v) is 3.98. The lowest BCUT2D eigenvalue weighted by molar-refractivity contribution is -0.141. The van der Waals surface area contributed by atoms with E-state index in [1.807, 2.05) is 107 Å². The van der Waals surface area contributed by atoms with Crippen molar-refractivity contribution in [1.29, 1.82) is 0 Å². The number of rotatable bonds is 10. The number of nitrogens with one attached hydrogen (secondary N) is 1. The van der Waals surface area contributed by atoms with Crippen LogP contribution in [-0.2, 0) is 29.0 Å². The molecule has 0 aliphatic carbocycles. The molecule has 3 aromatic rings. The second-order valence-corrected chi connectivity index (χ2v) is 9.20. The van der Waals surface area contributed by atoms with Gasteiger partial charge >= 0.3 is 0 Å². The van der Waals surface area contributed by atoms with Crippen molar-refractivity contribution in [3.05, 3.63) is 107 Å². The number of carbonyl (C=O) groups is 2. The van der Waals surface area contributed by atoms with Crippen molar-refractivity contribution in [2.24, 2.45) is 0 Å². The topological polar surface area (TPSA) is 49.4 Å². The van der Waals surface area contributed by atoms with Crippen LogP contribution < -0.4 is 5.32 Å². The van der Waals surface area contributed by atoms with Gasteiger partial charge in [0.1, 0.15) is 6.04 Å². The highest BCUT2D eigenvalue weighted by Gasteiger charge is 2.31. The number of hydrogen-bond acceptors (Lipinski definition) is 2. The lowest BCUT2D eigenvalue weighted by Crippen LogP contribution is -2.52. The van der Waals surface area contributed by atoms with Gasteiger partial charge in [0.15, 0.2) is 0 Å². The lowest BCUT2D eigenvalue weighted by atomic mass is 10.0. The number of hydrogen-bond donors (Lipinski definition) is 1. The Morgan fingerprint density at radius 1 is 0.824 bits per heavy atom. The van der Waals surface area contributed by atoms with Crippen molar-refractivity contribution in [1.82, 2.24) is 10.2 Å². The van der Waals surface area contributed by atoms with E-state index in [1.165, 1.54) is 0 Å². The fraction of sp³-hybridized carbons (Fsp3) is 0.333. The van der Waals surface area contributed by atoms with Crippen molar-refractivity contribution >= 4 is 11.8 Å². The molecule has 0 saturated heterocycles. The highest BCUT2D eigenvalue weighted by molar-refractivity contribution is 5.89. The van der Waals surface area contributed by atoms with Crippen molar-refractivity contribution < 1.29 is 9.59 Å². The van der Waals surface area contributed by atoms with Crippen molar-refractivity contribution in [2.45, 2.75) is 65.6 Å². The van der Waals surface area contributed by atoms with Crippen LogP contribution in [0.5, 0.6) is 0 Å². The van der Waals surface area contributed by atoms with E-state index in [-0.39, 0.29) is 24.3 Å². The van der Waals surface area contributed by atoms with E-state index in [1.54, 1.807) is 4.90 Å². The maximum atomic E-state index is 13.7. The van der Waals surface area contributed by atoms with Crippen LogP contribution in [0.15, 0.2) is 78.9 Å². The molecule has 0 aliphatic rings. The molecule has 178 valence electrons. The molecule has 0 heterocycles. The quantitative estimate of drug-likeness (QED) is 0.444. The second kappa shape index (κ2) is 12.2. The van der Waals surface area contributed by atoms with Crippen molar-refractivity contribution in [3.8, 4) is 0 Å². The number of nitrogens with zero attached hydrogens (tertiary/aromatic N) is 1. The number of amides is 2. The van der Waals surface area contributed by atoms with Gasteiger partial charge in [0.2, 0.25) is 11.8 Å². The minimum atomic E-state index is -0.602. The van der Waals surface area contributed by atoms with E-state index in [2.05, 4.69) is 5.32 Å². The molecule has 2 atom stereocenters. The van der Waals surface area contributed by atoms with Gasteiger partial charge in [-0.15, -0.1) is 0 Å². The maximum absolute atomic E-state index is 13.7. The summed E-state index contributed by atoms with van der Waals surface area (Å²) in [6.07, 6.45) is 1.56. The predicted octanol–water partition coefficient (Wildman–Crippen LogP) is 5.40. The summed E-state index contributed by atoms with van der Waals surface area (Å²) < 4.78 is 0. The molecule has 0 spiro atoms. The zero-order valence-electron chi connectivity index (χ0n) is 20.8. The van der Waals surface area contributed by atoms with E-state index in [4.69, 9.17) is 0 Å². The van der Waals surface area contributed by atoms with Crippen LogP contribution in [0.4, 0.5) is 0 Å². The minimum absolute atomic E-state index is 0.0406. The Hall–Kier alpha value is -3.40. The summed E-state index contributed by atoms with van der Waals surface area (Å²) in [7, 11) is 0. The third-order valence-corrected chi connectivity index (χ3v) is 6.18. The van der Waals surface area contributed by atoms with Gasteiger partial charge in [-0.05, 0) is 43.9 Å². The highest BCUT2D eigenvalue weighted by Crippen LogP contribution is 2.18. The normalized spacial score (nSPS) is 12.6. The highest BCUT2D eigenvalue weighted by atomic mass is 16.2. The summed E-state index contributed by atoms with van der Waals surface area (Å²) >= 11 is 0. The van der Waals surface area contributed by atoms with Crippen LogP contribution in [-0.4, -0.2) is 28.8 Å². The summed E-state index contributed by atoms with van der Waals surface area (Å²) in [5, 5.41) is 3.12. The molecule has 0 radical (unpaired) electrons. The summed E-state index contributed by atoms with van der Waals surface area (Å²) in [6.45, 7) is 8.49. The third-order valence-electron chi connectivity index (χ3n) is 6.18. The van der Waals surface area contributed by atoms with Gasteiger partial charge in [0.25, 0.3) is 0 Å². The molecule has 0 fully saturated rings. The zero-order chi connectivity index (χ0) is 24.5. The first-order valence-electron chi connectivity index (χ1n) is 12.1. The predicted molar refractivity (Wildman–Crippen MR) is 138 cm³/mol. The second-order valence-electron chi connectivity index (χ2n) is 9.20. The summed E-state index contributed by atoms with van der Waals surface area (Å²) in [5.41, 5.74) is 5.28. The van der Waals surface area contributed by atoms with Crippen molar-refractivity contribution in [3.63, 3.8) is 0 Å². The van der Waals surface area contributed by atoms with Crippen LogP contribution in [0, 0.1) is 13.8 Å². The monoisotopic (exact) mass is 456 g/mol. The van der Waals surface area contributed by atoms with E-state index in [0.29, 0.717) is 13.0 Å². The standard InChI is InChI=1S/C30H36N2O2/c1-5-24(4)31-30(34)28(19-25-11-7-6-8-12-25)32(21-26-16-14-22(2)15-17-26)29(33)20-27-13-9-10-23(3)18-27/h6-18,24,28H,5,19-21H2,1-4H3,(H,31,34)/t24-,28+/m0/s1. The van der Waals surface area contributed by atoms with Gasteiger partial charge in [-0.3, -0.25) is 9.59 Å². The van der Waals surface area contributed by atoms with Crippen LogP contribution in [0.25, 0.3) is 0 Å². The number of carbonyl (C=O) groups excluding carboxylic acids is 2. The minimum Gasteiger partial charge on any atom is -0.352 e. The summed E-state index contributed by atoms with van der Waals surface area (Å²) in [5.74, 6) is -0.158. The number of benzene rings is 3. The first-order valence-corrected chi connectivity index (χ1v) is 12.1. The van der Waals surface area contributed by atoms with Gasteiger partial charge in [-0.2, -0.15) is 0 Å². The van der Waals surface area contributed by atoms with E-state index in [0.717, 1.165) is 34.2 Å². The average molecular weight is 457 g/mol. The Morgan fingerprint density at radius 2 is 1.50 bits per heavy atom. The smallest absolute Gasteiger partial charge is 0.243 e. The molecule has 2 amide bonds. The van der Waals surface area contributed by atoms with E-state index in [9.17, 15) is 9.59 Å². The molecule has 3 aromatic carbocycles. The number of aryl methyl sites for hydroxylation is 2. The van der Waals surface area contributed by atoms with E-state index < -0.39 is 6.04 Å². The molecule has 0 aliphatic heterocycles. The molecule has 0 bridgehead atoms. The maximum Gasteiger partial charge on any atom is 0.243 e. The largest absolute Gasteiger partial charge is 0.352 e. The Bertz CT molecular complexity index is 1080. The Balaban J connectivity index is 1.96. The van der Waals surface area contributed by atoms with E-state index >= 15 is 0 Å². The van der Waals surface area contributed by atoms with Crippen LogP contribution in [0.3, 0.4) is 0 Å². The summed E-state index contributed by atoms with van der Waals surface area (Å²) in [6, 6.07) is 25.5. The lowest BCUT2D eigenvalue weighted by Gasteiger charge is -2.32. The molecule has 4 nitrogen and oxygen atoms in total. The zero-order valence-corrected chi connectivity index (χ0v) is 20.8. The Kier molecular flexibility index (Phi) is 9.03. The average Bonchev–Trinajstić information content (AvgIpc) is 2.83. The molecule has 1 N–H and O–H groups in total. The van der Waals surface area contributed by atoms with Gasteiger partial charge in [0.05, 0.1) is 6.42 Å². The first-order chi connectivity index (χ1) is 16.4. The molecule has 3 rings (SSSR count). The molecular formula is C30H36N2O2. The van der Waals surface area contributed by atoms with Crippen molar-refractivity contribution in [2.75, 3.05) is 0 Å². The molecule has 0 unspecified atom stereocenters. The first kappa shape index (κ1) is 25.2. The van der Waals surface area contributed by atoms with Crippen LogP contribution >= 0.6 is 0 Å². The third kappa shape index (κ3) is 7.31. The molecular weight excluding hydrogens is 420 g/mol. The SMILES string of the molecule is CC[C@H](C)NC(=O)[C@@H](Cc1ccccc1)N(Cc1ccc(C)cc1)C(=O)Cc1cccc(C)c1.